The first-order valence-electron chi connectivity index (χ1n) is 7.31. The lowest BCUT2D eigenvalue weighted by molar-refractivity contribution is 0.0957. The van der Waals surface area contributed by atoms with Crippen molar-refractivity contribution in [1.29, 1.82) is 0 Å². The summed E-state index contributed by atoms with van der Waals surface area (Å²) in [5.41, 5.74) is 2.54. The maximum atomic E-state index is 11.5. The second kappa shape index (κ2) is 6.34. The summed E-state index contributed by atoms with van der Waals surface area (Å²) in [6.45, 7) is 2.86. The second-order valence-corrected chi connectivity index (χ2v) is 6.27. The summed E-state index contributed by atoms with van der Waals surface area (Å²) in [6.07, 6.45) is 0.814. The van der Waals surface area contributed by atoms with Gasteiger partial charge in [0.1, 0.15) is 0 Å². The van der Waals surface area contributed by atoms with E-state index >= 15 is 0 Å². The molecule has 0 radical (unpaired) electrons. The smallest absolute Gasteiger partial charge is 0.271 e. The van der Waals surface area contributed by atoms with Gasteiger partial charge < -0.3 is 10.2 Å². The van der Waals surface area contributed by atoms with Gasteiger partial charge in [-0.05, 0) is 48.7 Å². The third kappa shape index (κ3) is 2.99. The van der Waals surface area contributed by atoms with E-state index in [4.69, 9.17) is 23.2 Å². The molecule has 120 valence electrons. The van der Waals surface area contributed by atoms with Gasteiger partial charge in [0.25, 0.3) is 5.91 Å². The Morgan fingerprint density at radius 3 is 2.74 bits per heavy atom. The Balaban J connectivity index is 1.91. The Kier molecular flexibility index (Phi) is 4.41. The second-order valence-electron chi connectivity index (χ2n) is 5.43. The fraction of sp³-hybridized carbons (Fsp3) is 0.312. The number of aromatic nitrogens is 2. The highest BCUT2D eigenvalue weighted by Crippen LogP contribution is 2.37. The summed E-state index contributed by atoms with van der Waals surface area (Å²) in [4.78, 5) is 13.7. The number of anilines is 1. The summed E-state index contributed by atoms with van der Waals surface area (Å²) in [5.74, 6) is 0.478. The maximum absolute atomic E-state index is 11.5. The van der Waals surface area contributed by atoms with Crippen molar-refractivity contribution >= 4 is 34.9 Å². The number of hydrogen-bond donors (Lipinski definition) is 1. The minimum Gasteiger partial charge on any atom is -0.354 e. The Morgan fingerprint density at radius 1 is 1.30 bits per heavy atom. The fourth-order valence-electron chi connectivity index (χ4n) is 2.89. The molecule has 7 heteroatoms. The summed E-state index contributed by atoms with van der Waals surface area (Å²) < 4.78 is 0. The molecule has 0 saturated heterocycles. The van der Waals surface area contributed by atoms with E-state index in [1.807, 2.05) is 12.1 Å². The monoisotopic (exact) mass is 350 g/mol. The number of hydrogen-bond acceptors (Lipinski definition) is 4. The van der Waals surface area contributed by atoms with Gasteiger partial charge in [-0.1, -0.05) is 23.2 Å². The van der Waals surface area contributed by atoms with Crippen molar-refractivity contribution in [2.45, 2.75) is 19.4 Å². The zero-order chi connectivity index (χ0) is 16.6. The molecule has 1 aliphatic heterocycles. The Morgan fingerprint density at radius 2 is 2.09 bits per heavy atom. The van der Waals surface area contributed by atoms with E-state index in [1.54, 1.807) is 19.2 Å². The van der Waals surface area contributed by atoms with Gasteiger partial charge >= 0.3 is 0 Å². The van der Waals surface area contributed by atoms with Gasteiger partial charge in [0.15, 0.2) is 11.5 Å². The van der Waals surface area contributed by atoms with Crippen molar-refractivity contribution in [2.75, 3.05) is 18.5 Å². The van der Waals surface area contributed by atoms with Gasteiger partial charge in [-0.2, -0.15) is 0 Å². The topological polar surface area (TPSA) is 58.1 Å². The predicted molar refractivity (Wildman–Crippen MR) is 91.3 cm³/mol. The van der Waals surface area contributed by atoms with E-state index in [1.165, 1.54) is 0 Å². The molecule has 1 amide bonds. The SMILES string of the molecule is CNC(=O)c1ccc(N2CCc3c(Cl)cc(Cl)cc3C2C)nn1. The average Bonchev–Trinajstić information content (AvgIpc) is 2.55. The van der Waals surface area contributed by atoms with Crippen LogP contribution < -0.4 is 10.2 Å². The molecule has 1 aliphatic rings. The summed E-state index contributed by atoms with van der Waals surface area (Å²) >= 11 is 12.4. The number of carbonyl (C=O) groups is 1. The predicted octanol–water partition coefficient (Wildman–Crippen LogP) is 3.27. The highest BCUT2D eigenvalue weighted by atomic mass is 35.5. The van der Waals surface area contributed by atoms with Crippen LogP contribution in [0.15, 0.2) is 24.3 Å². The van der Waals surface area contributed by atoms with Crippen molar-refractivity contribution < 1.29 is 4.79 Å². The molecule has 2 aromatic rings. The molecule has 0 bridgehead atoms. The number of benzene rings is 1. The normalized spacial score (nSPS) is 16.9. The number of rotatable bonds is 2. The lowest BCUT2D eigenvalue weighted by atomic mass is 9.93. The van der Waals surface area contributed by atoms with Gasteiger partial charge in [-0.25, -0.2) is 0 Å². The molecule has 1 aromatic carbocycles. The minimum atomic E-state index is -0.250. The molecule has 23 heavy (non-hydrogen) atoms. The van der Waals surface area contributed by atoms with Gasteiger partial charge in [-0.3, -0.25) is 4.79 Å². The number of fused-ring (bicyclic) bond motifs is 1. The van der Waals surface area contributed by atoms with Gasteiger partial charge in [-0.15, -0.1) is 10.2 Å². The molecule has 1 aromatic heterocycles. The van der Waals surface area contributed by atoms with E-state index < -0.39 is 0 Å². The van der Waals surface area contributed by atoms with E-state index in [0.717, 1.165) is 29.9 Å². The van der Waals surface area contributed by atoms with Crippen LogP contribution in [0.2, 0.25) is 10.0 Å². The molecule has 0 fully saturated rings. The average molecular weight is 351 g/mol. The lowest BCUT2D eigenvalue weighted by Crippen LogP contribution is -2.35. The van der Waals surface area contributed by atoms with Crippen LogP contribution in [0.1, 0.15) is 34.6 Å². The third-order valence-electron chi connectivity index (χ3n) is 4.12. The van der Waals surface area contributed by atoms with Crippen LogP contribution >= 0.6 is 23.2 Å². The molecular weight excluding hydrogens is 335 g/mol. The summed E-state index contributed by atoms with van der Waals surface area (Å²) in [7, 11) is 1.56. The van der Waals surface area contributed by atoms with Crippen molar-refractivity contribution in [1.82, 2.24) is 15.5 Å². The van der Waals surface area contributed by atoms with Crippen LogP contribution in [0, 0.1) is 0 Å². The first kappa shape index (κ1) is 16.0. The van der Waals surface area contributed by atoms with E-state index in [9.17, 15) is 4.79 Å². The molecule has 0 aliphatic carbocycles. The Labute approximate surface area is 144 Å². The van der Waals surface area contributed by atoms with Crippen molar-refractivity contribution in [2.24, 2.45) is 0 Å². The molecule has 1 N–H and O–H groups in total. The highest BCUT2D eigenvalue weighted by molar-refractivity contribution is 6.35. The van der Waals surface area contributed by atoms with E-state index in [2.05, 4.69) is 27.3 Å². The van der Waals surface area contributed by atoms with Gasteiger partial charge in [0.2, 0.25) is 0 Å². The van der Waals surface area contributed by atoms with Crippen LogP contribution in [-0.4, -0.2) is 29.7 Å². The third-order valence-corrected chi connectivity index (χ3v) is 4.67. The molecule has 1 unspecified atom stereocenters. The largest absolute Gasteiger partial charge is 0.354 e. The fourth-order valence-corrected chi connectivity index (χ4v) is 3.50. The standard InChI is InChI=1S/C16H16Cl2N4O/c1-9-12-7-10(17)8-13(18)11(12)5-6-22(9)15-4-3-14(20-21-15)16(23)19-2/h3-4,7-9H,5-6H2,1-2H3,(H,19,23). The van der Waals surface area contributed by atoms with Gasteiger partial charge in [0.05, 0.1) is 6.04 Å². The van der Waals surface area contributed by atoms with Crippen LogP contribution in [0.5, 0.6) is 0 Å². The number of nitrogens with one attached hydrogen (secondary N) is 1. The van der Waals surface area contributed by atoms with Gasteiger partial charge in [0, 0.05) is 23.6 Å². The van der Waals surface area contributed by atoms with Crippen molar-refractivity contribution in [3.8, 4) is 0 Å². The quantitative estimate of drug-likeness (QED) is 0.902. The van der Waals surface area contributed by atoms with Crippen LogP contribution in [0.25, 0.3) is 0 Å². The molecule has 5 nitrogen and oxygen atoms in total. The first-order valence-corrected chi connectivity index (χ1v) is 8.07. The maximum Gasteiger partial charge on any atom is 0.271 e. The molecule has 1 atom stereocenters. The summed E-state index contributed by atoms with van der Waals surface area (Å²) in [5, 5.41) is 12.0. The van der Waals surface area contributed by atoms with Crippen LogP contribution in [0.4, 0.5) is 5.82 Å². The van der Waals surface area contributed by atoms with Crippen LogP contribution in [0.3, 0.4) is 0 Å². The Bertz CT molecular complexity index is 748. The van der Waals surface area contributed by atoms with E-state index in [-0.39, 0.29) is 11.9 Å². The lowest BCUT2D eigenvalue weighted by Gasteiger charge is -2.36. The van der Waals surface area contributed by atoms with Crippen LogP contribution in [-0.2, 0) is 6.42 Å². The Hall–Kier alpha value is -1.85. The van der Waals surface area contributed by atoms with Crippen molar-refractivity contribution in [3.63, 3.8) is 0 Å². The first-order chi connectivity index (χ1) is 11.0. The zero-order valence-corrected chi connectivity index (χ0v) is 14.3. The number of carbonyl (C=O) groups excluding carboxylic acids is 1. The molecule has 0 saturated carbocycles. The highest BCUT2D eigenvalue weighted by Gasteiger charge is 2.27. The molecule has 3 rings (SSSR count). The minimum absolute atomic E-state index is 0.0788. The number of halogens is 2. The number of amides is 1. The van der Waals surface area contributed by atoms with Crippen molar-refractivity contribution in [3.05, 3.63) is 51.1 Å². The van der Waals surface area contributed by atoms with E-state index in [0.29, 0.717) is 15.7 Å². The summed E-state index contributed by atoms with van der Waals surface area (Å²) in [6, 6.07) is 7.29. The molecule has 0 spiro atoms. The molecule has 2 heterocycles. The zero-order valence-electron chi connectivity index (χ0n) is 12.8. The molecular formula is C16H16Cl2N4O. The number of nitrogens with zero attached hydrogens (tertiary/aromatic N) is 3.